The fraction of sp³-hybridized carbons (Fsp3) is 0.438. The molecule has 1 aliphatic rings. The minimum Gasteiger partial charge on any atom is -0.405 e. The maximum Gasteiger partial charge on any atom is 0.234 e. The van der Waals surface area contributed by atoms with Crippen molar-refractivity contribution in [1.82, 2.24) is 10.6 Å². The SMILES string of the molecule is C=C(/C=C(C=NC1CC1)\C=C/N)CNCC(=O)NCCC#N. The lowest BCUT2D eigenvalue weighted by Gasteiger charge is -2.06. The zero-order chi connectivity index (χ0) is 16.2. The van der Waals surface area contributed by atoms with Gasteiger partial charge in [-0.15, -0.1) is 0 Å². The van der Waals surface area contributed by atoms with Crippen molar-refractivity contribution in [3.05, 3.63) is 36.1 Å². The van der Waals surface area contributed by atoms with Gasteiger partial charge in [0.2, 0.25) is 5.91 Å². The number of amides is 1. The molecule has 0 aromatic carbocycles. The largest absolute Gasteiger partial charge is 0.405 e. The summed E-state index contributed by atoms with van der Waals surface area (Å²) in [7, 11) is 0. The molecule has 0 atom stereocenters. The van der Waals surface area contributed by atoms with E-state index in [9.17, 15) is 4.79 Å². The van der Waals surface area contributed by atoms with Gasteiger partial charge in [-0.1, -0.05) is 6.58 Å². The van der Waals surface area contributed by atoms with Crippen LogP contribution in [-0.4, -0.2) is 37.8 Å². The van der Waals surface area contributed by atoms with E-state index < -0.39 is 0 Å². The van der Waals surface area contributed by atoms with Gasteiger partial charge in [-0.25, -0.2) is 0 Å². The highest BCUT2D eigenvalue weighted by Gasteiger charge is 2.18. The standard InChI is InChI=1S/C16H23N5O/c1-13(10-19-12-16(22)20-8-2-6-17)9-14(5-7-18)11-21-15-3-4-15/h5,7,9,11,15,19H,1-4,8,10,12,18H2,(H,20,22)/b7-5-,14-9+,21-11?. The second-order valence-corrected chi connectivity index (χ2v) is 5.03. The van der Waals surface area contributed by atoms with Gasteiger partial charge in [0.25, 0.3) is 0 Å². The fourth-order valence-corrected chi connectivity index (χ4v) is 1.60. The van der Waals surface area contributed by atoms with E-state index in [1.165, 1.54) is 6.20 Å². The van der Waals surface area contributed by atoms with Crippen LogP contribution < -0.4 is 16.4 Å². The van der Waals surface area contributed by atoms with Gasteiger partial charge < -0.3 is 16.4 Å². The zero-order valence-electron chi connectivity index (χ0n) is 12.7. The molecule has 0 spiro atoms. The number of nitriles is 1. The average molecular weight is 301 g/mol. The first-order valence-corrected chi connectivity index (χ1v) is 7.31. The van der Waals surface area contributed by atoms with Crippen molar-refractivity contribution in [2.45, 2.75) is 25.3 Å². The number of nitrogens with two attached hydrogens (primary N) is 1. The van der Waals surface area contributed by atoms with Crippen LogP contribution in [0.25, 0.3) is 0 Å². The lowest BCUT2D eigenvalue weighted by atomic mass is 10.2. The van der Waals surface area contributed by atoms with E-state index in [4.69, 9.17) is 11.0 Å². The molecule has 22 heavy (non-hydrogen) atoms. The third kappa shape index (κ3) is 8.72. The summed E-state index contributed by atoms with van der Waals surface area (Å²) < 4.78 is 0. The molecule has 0 saturated heterocycles. The molecule has 6 heteroatoms. The molecule has 0 bridgehead atoms. The molecule has 1 amide bonds. The average Bonchev–Trinajstić information content (AvgIpc) is 3.29. The number of hydrogen-bond acceptors (Lipinski definition) is 5. The van der Waals surface area contributed by atoms with Crippen molar-refractivity contribution in [2.75, 3.05) is 19.6 Å². The van der Waals surface area contributed by atoms with Gasteiger partial charge in [-0.2, -0.15) is 5.26 Å². The van der Waals surface area contributed by atoms with Crippen LogP contribution in [0.2, 0.25) is 0 Å². The third-order valence-corrected chi connectivity index (χ3v) is 2.84. The molecule has 0 aliphatic heterocycles. The molecule has 1 fully saturated rings. The van der Waals surface area contributed by atoms with E-state index in [-0.39, 0.29) is 12.5 Å². The molecular weight excluding hydrogens is 278 g/mol. The van der Waals surface area contributed by atoms with E-state index in [0.717, 1.165) is 24.0 Å². The fourth-order valence-electron chi connectivity index (χ4n) is 1.60. The van der Waals surface area contributed by atoms with Crippen LogP contribution in [-0.2, 0) is 4.79 Å². The first kappa shape index (κ1) is 17.7. The molecule has 0 heterocycles. The number of nitrogens with zero attached hydrogens (tertiary/aromatic N) is 2. The highest BCUT2D eigenvalue weighted by atomic mass is 16.1. The molecule has 4 N–H and O–H groups in total. The van der Waals surface area contributed by atoms with Crippen molar-refractivity contribution < 1.29 is 4.79 Å². The molecule has 1 aliphatic carbocycles. The Hall–Kier alpha value is -2.39. The topological polar surface area (TPSA) is 103 Å². The van der Waals surface area contributed by atoms with Crippen LogP contribution in [0.5, 0.6) is 0 Å². The van der Waals surface area contributed by atoms with Crippen LogP contribution in [0.15, 0.2) is 41.1 Å². The Kier molecular flexibility index (Phi) is 8.31. The molecule has 6 nitrogen and oxygen atoms in total. The van der Waals surface area contributed by atoms with Gasteiger partial charge >= 0.3 is 0 Å². The van der Waals surface area contributed by atoms with E-state index in [2.05, 4.69) is 22.2 Å². The van der Waals surface area contributed by atoms with Crippen LogP contribution in [0.4, 0.5) is 0 Å². The highest BCUT2D eigenvalue weighted by Crippen LogP contribution is 2.23. The second kappa shape index (κ2) is 10.4. The maximum absolute atomic E-state index is 11.4. The van der Waals surface area contributed by atoms with Crippen LogP contribution in [0.3, 0.4) is 0 Å². The van der Waals surface area contributed by atoms with Gasteiger partial charge in [-0.3, -0.25) is 9.79 Å². The quantitative estimate of drug-likeness (QED) is 0.315. The summed E-state index contributed by atoms with van der Waals surface area (Å²) in [5.74, 6) is -0.135. The van der Waals surface area contributed by atoms with Gasteiger partial charge in [0.1, 0.15) is 0 Å². The van der Waals surface area contributed by atoms with Crippen molar-refractivity contribution in [3.63, 3.8) is 0 Å². The maximum atomic E-state index is 11.4. The molecule has 0 radical (unpaired) electrons. The number of carbonyl (C=O) groups excluding carboxylic acids is 1. The second-order valence-electron chi connectivity index (χ2n) is 5.03. The monoisotopic (exact) mass is 301 g/mol. The van der Waals surface area contributed by atoms with Crippen LogP contribution in [0.1, 0.15) is 19.3 Å². The van der Waals surface area contributed by atoms with Crippen LogP contribution in [0, 0.1) is 11.3 Å². The Morgan fingerprint density at radius 1 is 1.45 bits per heavy atom. The van der Waals surface area contributed by atoms with E-state index >= 15 is 0 Å². The number of allylic oxidation sites excluding steroid dienone is 2. The normalized spacial score (nSPS) is 15.1. The molecule has 1 rings (SSSR count). The predicted octanol–water partition coefficient (Wildman–Crippen LogP) is 0.794. The van der Waals surface area contributed by atoms with Gasteiger partial charge in [0.05, 0.1) is 25.1 Å². The number of rotatable bonds is 10. The Labute approximate surface area is 131 Å². The molecule has 0 aromatic rings. The van der Waals surface area contributed by atoms with Crippen molar-refractivity contribution in [1.29, 1.82) is 5.26 Å². The number of nitrogens with one attached hydrogen (secondary N) is 2. The van der Waals surface area contributed by atoms with E-state index in [1.807, 2.05) is 12.1 Å². The zero-order valence-corrected chi connectivity index (χ0v) is 12.7. The molecular formula is C16H23N5O. The lowest BCUT2D eigenvalue weighted by molar-refractivity contribution is -0.120. The molecule has 0 aromatic heterocycles. The summed E-state index contributed by atoms with van der Waals surface area (Å²) >= 11 is 0. The first-order chi connectivity index (χ1) is 10.7. The minimum absolute atomic E-state index is 0.135. The van der Waals surface area contributed by atoms with Gasteiger partial charge in [-0.05, 0) is 42.3 Å². The number of hydrogen-bond donors (Lipinski definition) is 3. The van der Waals surface area contributed by atoms with Gasteiger partial charge in [0.15, 0.2) is 0 Å². The Balaban J connectivity index is 2.31. The van der Waals surface area contributed by atoms with Crippen molar-refractivity contribution in [3.8, 4) is 6.07 Å². The summed E-state index contributed by atoms with van der Waals surface area (Å²) in [4.78, 5) is 15.8. The Morgan fingerprint density at radius 2 is 2.23 bits per heavy atom. The smallest absolute Gasteiger partial charge is 0.234 e. The summed E-state index contributed by atoms with van der Waals surface area (Å²) in [6, 6.07) is 2.43. The Morgan fingerprint density at radius 3 is 2.86 bits per heavy atom. The van der Waals surface area contributed by atoms with Crippen LogP contribution >= 0.6 is 0 Å². The molecule has 118 valence electrons. The highest BCUT2D eigenvalue weighted by molar-refractivity contribution is 5.83. The first-order valence-electron chi connectivity index (χ1n) is 7.31. The number of carbonyl (C=O) groups is 1. The van der Waals surface area contributed by atoms with Gasteiger partial charge in [0, 0.05) is 19.3 Å². The minimum atomic E-state index is -0.135. The Bertz CT molecular complexity index is 509. The van der Waals surface area contributed by atoms with Crippen molar-refractivity contribution in [2.24, 2.45) is 10.7 Å². The number of aliphatic imine (C=N–C) groups is 1. The molecule has 1 saturated carbocycles. The van der Waals surface area contributed by atoms with E-state index in [0.29, 0.717) is 25.6 Å². The third-order valence-electron chi connectivity index (χ3n) is 2.84. The summed E-state index contributed by atoms with van der Waals surface area (Å²) in [6.45, 7) is 5.00. The summed E-state index contributed by atoms with van der Waals surface area (Å²) in [5.41, 5.74) is 7.14. The predicted molar refractivity (Wildman–Crippen MR) is 88.2 cm³/mol. The lowest BCUT2D eigenvalue weighted by Crippen LogP contribution is -2.34. The summed E-state index contributed by atoms with van der Waals surface area (Å²) in [6.07, 6.45) is 9.55. The molecule has 0 unspecified atom stereocenters. The van der Waals surface area contributed by atoms with Crippen molar-refractivity contribution >= 4 is 12.1 Å². The summed E-state index contributed by atoms with van der Waals surface area (Å²) in [5, 5.41) is 14.0. The van der Waals surface area contributed by atoms with E-state index in [1.54, 1.807) is 12.3 Å².